The molecular formula is C23H19NO3S. The van der Waals surface area contributed by atoms with Gasteiger partial charge in [-0.1, -0.05) is 42.5 Å². The number of nitrogens with zero attached hydrogens (tertiary/aromatic N) is 1. The quantitative estimate of drug-likeness (QED) is 0.422. The van der Waals surface area contributed by atoms with Gasteiger partial charge in [0.2, 0.25) is 0 Å². The van der Waals surface area contributed by atoms with Crippen LogP contribution in [-0.2, 0) is 22.6 Å². The number of esters is 1. The van der Waals surface area contributed by atoms with Crippen molar-refractivity contribution in [2.24, 2.45) is 0 Å². The van der Waals surface area contributed by atoms with Gasteiger partial charge in [0, 0.05) is 10.9 Å². The Morgan fingerprint density at radius 3 is 2.57 bits per heavy atom. The van der Waals surface area contributed by atoms with Crippen molar-refractivity contribution in [2.45, 2.75) is 13.0 Å². The first-order valence-corrected chi connectivity index (χ1v) is 9.81. The van der Waals surface area contributed by atoms with Crippen LogP contribution in [0.1, 0.15) is 11.3 Å². The van der Waals surface area contributed by atoms with Crippen LogP contribution in [0.3, 0.4) is 0 Å². The zero-order valence-corrected chi connectivity index (χ0v) is 16.2. The Balaban J connectivity index is 1.36. The Morgan fingerprint density at radius 1 is 1.00 bits per heavy atom. The fraction of sp³-hybridized carbons (Fsp3) is 0.130. The van der Waals surface area contributed by atoms with Gasteiger partial charge in [0.05, 0.1) is 19.2 Å². The highest BCUT2D eigenvalue weighted by atomic mass is 32.1. The van der Waals surface area contributed by atoms with E-state index in [4.69, 9.17) is 9.47 Å². The van der Waals surface area contributed by atoms with E-state index < -0.39 is 0 Å². The van der Waals surface area contributed by atoms with Gasteiger partial charge >= 0.3 is 5.97 Å². The molecule has 4 nitrogen and oxygen atoms in total. The summed E-state index contributed by atoms with van der Waals surface area (Å²) in [5, 5.41) is 5.09. The molecule has 0 aliphatic heterocycles. The fourth-order valence-corrected chi connectivity index (χ4v) is 3.77. The molecule has 0 N–H and O–H groups in total. The number of carbonyl (C=O) groups is 1. The van der Waals surface area contributed by atoms with Gasteiger partial charge in [0.15, 0.2) is 0 Å². The molecule has 3 aromatic carbocycles. The number of methoxy groups -OCH3 is 1. The molecule has 4 rings (SSSR count). The van der Waals surface area contributed by atoms with E-state index >= 15 is 0 Å². The van der Waals surface area contributed by atoms with Crippen molar-refractivity contribution in [1.82, 2.24) is 4.98 Å². The number of fused-ring (bicyclic) bond motifs is 1. The van der Waals surface area contributed by atoms with Crippen LogP contribution in [0, 0.1) is 0 Å². The van der Waals surface area contributed by atoms with Crippen LogP contribution >= 0.6 is 11.3 Å². The number of rotatable bonds is 6. The monoisotopic (exact) mass is 389 g/mol. The smallest absolute Gasteiger partial charge is 0.310 e. The van der Waals surface area contributed by atoms with E-state index in [0.29, 0.717) is 0 Å². The molecule has 0 aliphatic rings. The van der Waals surface area contributed by atoms with E-state index in [9.17, 15) is 4.79 Å². The van der Waals surface area contributed by atoms with Crippen molar-refractivity contribution in [1.29, 1.82) is 0 Å². The number of thiazole rings is 1. The molecule has 28 heavy (non-hydrogen) atoms. The van der Waals surface area contributed by atoms with Crippen LogP contribution in [0.25, 0.3) is 21.3 Å². The molecule has 0 aliphatic carbocycles. The molecule has 0 radical (unpaired) electrons. The summed E-state index contributed by atoms with van der Waals surface area (Å²) in [6.07, 6.45) is 0.250. The van der Waals surface area contributed by atoms with Gasteiger partial charge in [-0.15, -0.1) is 11.3 Å². The van der Waals surface area contributed by atoms with Gasteiger partial charge in [-0.25, -0.2) is 4.98 Å². The highest BCUT2D eigenvalue weighted by Gasteiger charge is 2.09. The lowest BCUT2D eigenvalue weighted by Gasteiger charge is -2.05. The molecule has 0 unspecified atom stereocenters. The van der Waals surface area contributed by atoms with Crippen molar-refractivity contribution in [3.63, 3.8) is 0 Å². The van der Waals surface area contributed by atoms with Crippen LogP contribution in [0.5, 0.6) is 5.75 Å². The summed E-state index contributed by atoms with van der Waals surface area (Å²) in [4.78, 5) is 16.8. The Bertz CT molecular complexity index is 1100. The average molecular weight is 389 g/mol. The van der Waals surface area contributed by atoms with E-state index in [1.54, 1.807) is 7.11 Å². The zero-order chi connectivity index (χ0) is 19.3. The molecule has 0 atom stereocenters. The lowest BCUT2D eigenvalue weighted by atomic mass is 10.1. The van der Waals surface area contributed by atoms with Crippen molar-refractivity contribution in [2.75, 3.05) is 7.11 Å². The summed E-state index contributed by atoms with van der Waals surface area (Å²) in [6.45, 7) is 0.180. The zero-order valence-electron chi connectivity index (χ0n) is 15.4. The normalized spacial score (nSPS) is 10.8. The molecule has 0 saturated carbocycles. The summed E-state index contributed by atoms with van der Waals surface area (Å²) in [5.41, 5.74) is 2.71. The van der Waals surface area contributed by atoms with Gasteiger partial charge in [0.1, 0.15) is 17.4 Å². The maximum atomic E-state index is 12.2. The summed E-state index contributed by atoms with van der Waals surface area (Å²) in [5.74, 6) is 0.553. The SMILES string of the molecule is COc1ccc(-c2nc(COC(=O)Cc3ccc4ccccc4c3)cs2)cc1. The van der Waals surface area contributed by atoms with E-state index in [1.807, 2.05) is 66.0 Å². The Labute approximate surface area is 167 Å². The van der Waals surface area contributed by atoms with Crippen molar-refractivity contribution in [3.05, 3.63) is 83.4 Å². The van der Waals surface area contributed by atoms with Gasteiger partial charge < -0.3 is 9.47 Å². The van der Waals surface area contributed by atoms with Crippen LogP contribution in [0.4, 0.5) is 0 Å². The van der Waals surface area contributed by atoms with E-state index in [0.717, 1.165) is 38.4 Å². The highest BCUT2D eigenvalue weighted by Crippen LogP contribution is 2.26. The molecule has 0 fully saturated rings. The van der Waals surface area contributed by atoms with Crippen LogP contribution in [0.15, 0.2) is 72.1 Å². The minimum absolute atomic E-state index is 0.180. The lowest BCUT2D eigenvalue weighted by Crippen LogP contribution is -2.08. The van der Waals surface area contributed by atoms with E-state index in [-0.39, 0.29) is 19.0 Å². The standard InChI is InChI=1S/C23H19NO3S/c1-26-21-10-8-18(9-11-21)23-24-20(15-28-23)14-27-22(25)13-16-6-7-17-4-2-3-5-19(17)12-16/h2-12,15H,13-14H2,1H3. The molecule has 140 valence electrons. The second-order valence-corrected chi connectivity index (χ2v) is 7.25. The third-order valence-electron chi connectivity index (χ3n) is 4.43. The minimum Gasteiger partial charge on any atom is -0.497 e. The Morgan fingerprint density at radius 2 is 1.79 bits per heavy atom. The minimum atomic E-state index is -0.255. The Kier molecular flexibility index (Phi) is 5.35. The third kappa shape index (κ3) is 4.21. The molecule has 4 aromatic rings. The predicted molar refractivity (Wildman–Crippen MR) is 112 cm³/mol. The van der Waals surface area contributed by atoms with Gasteiger partial charge in [-0.2, -0.15) is 0 Å². The van der Waals surface area contributed by atoms with Gasteiger partial charge in [-0.3, -0.25) is 4.79 Å². The molecule has 5 heteroatoms. The van der Waals surface area contributed by atoms with Crippen molar-refractivity contribution < 1.29 is 14.3 Å². The molecular weight excluding hydrogens is 370 g/mol. The number of hydrogen-bond acceptors (Lipinski definition) is 5. The first kappa shape index (κ1) is 18.2. The second-order valence-electron chi connectivity index (χ2n) is 6.39. The largest absolute Gasteiger partial charge is 0.497 e. The number of hydrogen-bond donors (Lipinski definition) is 0. The van der Waals surface area contributed by atoms with E-state index in [1.165, 1.54) is 11.3 Å². The van der Waals surface area contributed by atoms with Crippen LogP contribution in [-0.4, -0.2) is 18.1 Å². The summed E-state index contributed by atoms with van der Waals surface area (Å²) in [7, 11) is 1.64. The van der Waals surface area contributed by atoms with Crippen molar-refractivity contribution in [3.8, 4) is 16.3 Å². The molecule has 0 saturated heterocycles. The number of benzene rings is 3. The molecule has 1 heterocycles. The van der Waals surface area contributed by atoms with Crippen LogP contribution in [0.2, 0.25) is 0 Å². The molecule has 1 aromatic heterocycles. The van der Waals surface area contributed by atoms with Crippen LogP contribution < -0.4 is 4.74 Å². The molecule has 0 amide bonds. The Hall–Kier alpha value is -3.18. The summed E-state index contributed by atoms with van der Waals surface area (Å²) in [6, 6.07) is 21.9. The first-order valence-electron chi connectivity index (χ1n) is 8.93. The number of carbonyl (C=O) groups excluding carboxylic acids is 1. The summed E-state index contributed by atoms with van der Waals surface area (Å²) >= 11 is 1.53. The maximum Gasteiger partial charge on any atom is 0.310 e. The molecule has 0 spiro atoms. The summed E-state index contributed by atoms with van der Waals surface area (Å²) < 4.78 is 10.6. The molecule has 0 bridgehead atoms. The van der Waals surface area contributed by atoms with Gasteiger partial charge in [-0.05, 0) is 40.6 Å². The topological polar surface area (TPSA) is 48.4 Å². The average Bonchev–Trinajstić information content (AvgIpc) is 3.21. The fourth-order valence-electron chi connectivity index (χ4n) is 2.96. The first-order chi connectivity index (χ1) is 13.7. The predicted octanol–water partition coefficient (Wildman–Crippen LogP) is 5.26. The van der Waals surface area contributed by atoms with E-state index in [2.05, 4.69) is 11.1 Å². The lowest BCUT2D eigenvalue weighted by molar-refractivity contribution is -0.144. The van der Waals surface area contributed by atoms with Crippen molar-refractivity contribution >= 4 is 28.1 Å². The maximum absolute atomic E-state index is 12.2. The second kappa shape index (κ2) is 8.23. The van der Waals surface area contributed by atoms with Gasteiger partial charge in [0.25, 0.3) is 0 Å². The third-order valence-corrected chi connectivity index (χ3v) is 5.37. The number of aromatic nitrogens is 1. The highest BCUT2D eigenvalue weighted by molar-refractivity contribution is 7.13. The number of ether oxygens (including phenoxy) is 2.